The van der Waals surface area contributed by atoms with Crippen LogP contribution >= 0.6 is 0 Å². The van der Waals surface area contributed by atoms with Crippen molar-refractivity contribution in [3.63, 3.8) is 0 Å². The maximum Gasteiger partial charge on any atom is 0.0509 e. The van der Waals surface area contributed by atoms with Gasteiger partial charge in [0.2, 0.25) is 0 Å². The van der Waals surface area contributed by atoms with E-state index in [1.54, 1.807) is 0 Å². The van der Waals surface area contributed by atoms with Gasteiger partial charge in [-0.15, -0.1) is 0 Å². The molecule has 19 heavy (non-hydrogen) atoms. The van der Waals surface area contributed by atoms with Gasteiger partial charge in [0.05, 0.1) is 5.69 Å². The molecule has 0 spiro atoms. The van der Waals surface area contributed by atoms with Gasteiger partial charge in [-0.25, -0.2) is 0 Å². The highest BCUT2D eigenvalue weighted by atomic mass is 14.7. The number of hydrogen-bond acceptors (Lipinski definition) is 0. The molecule has 94 valence electrons. The maximum atomic E-state index is 3.63. The van der Waals surface area contributed by atoms with E-state index in [4.69, 9.17) is 0 Å². The van der Waals surface area contributed by atoms with Crippen molar-refractivity contribution in [1.82, 2.24) is 4.98 Å². The van der Waals surface area contributed by atoms with Gasteiger partial charge in [0.1, 0.15) is 0 Å². The highest BCUT2D eigenvalue weighted by Crippen LogP contribution is 2.48. The molecule has 0 aliphatic heterocycles. The molecule has 3 aromatic rings. The van der Waals surface area contributed by atoms with Crippen molar-refractivity contribution in [3.05, 3.63) is 58.7 Å². The average Bonchev–Trinajstić information content (AvgIpc) is 2.87. The van der Waals surface area contributed by atoms with E-state index in [-0.39, 0.29) is 0 Å². The molecule has 1 N–H and O–H groups in total. The minimum Gasteiger partial charge on any atom is -0.354 e. The lowest BCUT2D eigenvalue weighted by molar-refractivity contribution is 0.966. The second-order valence-corrected chi connectivity index (χ2v) is 5.72. The molecule has 0 radical (unpaired) electrons. The van der Waals surface area contributed by atoms with Gasteiger partial charge >= 0.3 is 0 Å². The smallest absolute Gasteiger partial charge is 0.0509 e. The molecule has 1 nitrogen and oxygen atoms in total. The number of aromatic nitrogens is 1. The second-order valence-electron chi connectivity index (χ2n) is 5.72. The third-order valence-electron chi connectivity index (χ3n) is 4.45. The number of benzene rings is 2. The summed E-state index contributed by atoms with van der Waals surface area (Å²) in [6.45, 7) is 6.69. The van der Waals surface area contributed by atoms with Gasteiger partial charge in [-0.1, -0.05) is 36.8 Å². The molecule has 0 saturated heterocycles. The van der Waals surface area contributed by atoms with E-state index in [0.29, 0.717) is 5.92 Å². The van der Waals surface area contributed by atoms with Crippen LogP contribution in [0, 0.1) is 13.8 Å². The molecule has 1 unspecified atom stereocenters. The molecule has 1 atom stereocenters. The average molecular weight is 247 g/mol. The summed E-state index contributed by atoms with van der Waals surface area (Å²) in [6, 6.07) is 13.3. The molecule has 1 heteroatoms. The third-order valence-corrected chi connectivity index (χ3v) is 4.45. The molecule has 1 aliphatic rings. The molecule has 0 saturated carbocycles. The summed E-state index contributed by atoms with van der Waals surface area (Å²) in [5.41, 5.74) is 9.64. The molecule has 1 aromatic heterocycles. The minimum absolute atomic E-state index is 0.487. The van der Waals surface area contributed by atoms with Crippen LogP contribution in [0.1, 0.15) is 35.1 Å². The SMILES string of the molecule is Cc1ccc2[nH]c3c(c2c1)C(C)c1cccc(C)c1-3. The van der Waals surface area contributed by atoms with Gasteiger partial charge in [0.15, 0.2) is 0 Å². The molecule has 1 heterocycles. The van der Waals surface area contributed by atoms with Crippen LogP contribution in [0.4, 0.5) is 0 Å². The quantitative estimate of drug-likeness (QED) is 0.580. The summed E-state index contributed by atoms with van der Waals surface area (Å²) >= 11 is 0. The molecule has 0 bridgehead atoms. The first-order valence-electron chi connectivity index (χ1n) is 6.89. The zero-order valence-electron chi connectivity index (χ0n) is 11.5. The summed E-state index contributed by atoms with van der Waals surface area (Å²) in [5.74, 6) is 0.487. The van der Waals surface area contributed by atoms with Gasteiger partial charge in [-0.2, -0.15) is 0 Å². The Morgan fingerprint density at radius 2 is 1.89 bits per heavy atom. The lowest BCUT2D eigenvalue weighted by Gasteiger charge is -2.08. The lowest BCUT2D eigenvalue weighted by atomic mass is 9.96. The first kappa shape index (κ1) is 10.9. The van der Waals surface area contributed by atoms with E-state index in [1.165, 1.54) is 44.4 Å². The maximum absolute atomic E-state index is 3.63. The van der Waals surface area contributed by atoms with Crippen molar-refractivity contribution in [2.24, 2.45) is 0 Å². The number of aromatic amines is 1. The summed E-state index contributed by atoms with van der Waals surface area (Å²) in [7, 11) is 0. The van der Waals surface area contributed by atoms with Crippen molar-refractivity contribution < 1.29 is 0 Å². The standard InChI is InChI=1S/C18H17N/c1-10-7-8-15-14(9-10)17-12(3)13-6-4-5-11(2)16(13)18(17)19-15/h4-9,12,19H,1-3H3. The first-order chi connectivity index (χ1) is 9.16. The summed E-state index contributed by atoms with van der Waals surface area (Å²) in [5, 5.41) is 1.39. The number of rotatable bonds is 0. The number of aryl methyl sites for hydroxylation is 2. The molecule has 4 rings (SSSR count). The normalized spacial score (nSPS) is 16.7. The van der Waals surface area contributed by atoms with Crippen molar-refractivity contribution in [3.8, 4) is 11.3 Å². The fourth-order valence-corrected chi connectivity index (χ4v) is 3.52. The van der Waals surface area contributed by atoms with E-state index in [0.717, 1.165) is 0 Å². The molecular weight excluding hydrogens is 230 g/mol. The Morgan fingerprint density at radius 3 is 2.74 bits per heavy atom. The van der Waals surface area contributed by atoms with Crippen LogP contribution in [-0.4, -0.2) is 4.98 Å². The van der Waals surface area contributed by atoms with Crippen LogP contribution in [0.5, 0.6) is 0 Å². The number of nitrogens with one attached hydrogen (secondary N) is 1. The Labute approximate surface area is 113 Å². The molecule has 0 fully saturated rings. The Kier molecular flexibility index (Phi) is 2.00. The zero-order valence-corrected chi connectivity index (χ0v) is 11.5. The second kappa shape index (κ2) is 3.51. The topological polar surface area (TPSA) is 15.8 Å². The Balaban J connectivity index is 2.14. The van der Waals surface area contributed by atoms with Gasteiger partial charge in [-0.05, 0) is 42.7 Å². The van der Waals surface area contributed by atoms with Crippen LogP contribution in [0.15, 0.2) is 36.4 Å². The van der Waals surface area contributed by atoms with E-state index in [2.05, 4.69) is 62.2 Å². The van der Waals surface area contributed by atoms with Crippen molar-refractivity contribution in [1.29, 1.82) is 0 Å². The van der Waals surface area contributed by atoms with Crippen LogP contribution in [0.25, 0.3) is 22.2 Å². The lowest BCUT2D eigenvalue weighted by Crippen LogP contribution is -1.90. The molecular formula is C18H17N. The Morgan fingerprint density at radius 1 is 1.05 bits per heavy atom. The van der Waals surface area contributed by atoms with Gasteiger partial charge in [0.25, 0.3) is 0 Å². The first-order valence-corrected chi connectivity index (χ1v) is 6.89. The highest BCUT2D eigenvalue weighted by molar-refractivity contribution is 5.96. The van der Waals surface area contributed by atoms with Crippen molar-refractivity contribution in [2.75, 3.05) is 0 Å². The van der Waals surface area contributed by atoms with Crippen LogP contribution in [0.2, 0.25) is 0 Å². The molecule has 0 amide bonds. The van der Waals surface area contributed by atoms with E-state index >= 15 is 0 Å². The Hall–Kier alpha value is -2.02. The van der Waals surface area contributed by atoms with Crippen molar-refractivity contribution in [2.45, 2.75) is 26.7 Å². The van der Waals surface area contributed by atoms with Gasteiger partial charge in [0, 0.05) is 22.4 Å². The van der Waals surface area contributed by atoms with Crippen LogP contribution in [0.3, 0.4) is 0 Å². The highest BCUT2D eigenvalue weighted by Gasteiger charge is 2.30. The monoisotopic (exact) mass is 247 g/mol. The fraction of sp³-hybridized carbons (Fsp3) is 0.222. The zero-order chi connectivity index (χ0) is 13.1. The third kappa shape index (κ3) is 1.30. The van der Waals surface area contributed by atoms with Crippen LogP contribution < -0.4 is 0 Å². The molecule has 2 aromatic carbocycles. The minimum atomic E-state index is 0.487. The number of fused-ring (bicyclic) bond motifs is 5. The van der Waals surface area contributed by atoms with E-state index < -0.39 is 0 Å². The Bertz CT molecular complexity index is 808. The van der Waals surface area contributed by atoms with E-state index in [1.807, 2.05) is 0 Å². The molecule has 1 aliphatic carbocycles. The fourth-order valence-electron chi connectivity index (χ4n) is 3.52. The van der Waals surface area contributed by atoms with Crippen LogP contribution in [-0.2, 0) is 0 Å². The summed E-state index contributed by atoms with van der Waals surface area (Å²) in [4.78, 5) is 3.63. The number of H-pyrrole nitrogens is 1. The summed E-state index contributed by atoms with van der Waals surface area (Å²) < 4.78 is 0. The predicted molar refractivity (Wildman–Crippen MR) is 80.7 cm³/mol. The van der Waals surface area contributed by atoms with Gasteiger partial charge in [-0.3, -0.25) is 0 Å². The largest absolute Gasteiger partial charge is 0.354 e. The predicted octanol–water partition coefficient (Wildman–Crippen LogP) is 4.92. The van der Waals surface area contributed by atoms with Gasteiger partial charge < -0.3 is 4.98 Å². The summed E-state index contributed by atoms with van der Waals surface area (Å²) in [6.07, 6.45) is 0. The number of hydrogen-bond donors (Lipinski definition) is 1. The van der Waals surface area contributed by atoms with Crippen molar-refractivity contribution >= 4 is 10.9 Å². The van der Waals surface area contributed by atoms with E-state index in [9.17, 15) is 0 Å².